The first kappa shape index (κ1) is 18.2. The van der Waals surface area contributed by atoms with E-state index in [0.29, 0.717) is 26.2 Å². The van der Waals surface area contributed by atoms with Gasteiger partial charge >= 0.3 is 0 Å². The number of para-hydroxylation sites is 1. The molecule has 140 valence electrons. The third kappa shape index (κ3) is 4.15. The second-order valence-electron chi connectivity index (χ2n) is 6.75. The molecule has 1 unspecified atom stereocenters. The minimum Gasteiger partial charge on any atom is -0.368 e. The van der Waals surface area contributed by atoms with Crippen molar-refractivity contribution in [2.24, 2.45) is 5.92 Å². The molecule has 3 amide bonds. The Labute approximate surface area is 153 Å². The van der Waals surface area contributed by atoms with Gasteiger partial charge in [0.15, 0.2) is 0 Å². The molecule has 1 atom stereocenters. The normalized spacial score (nSPS) is 20.4. The van der Waals surface area contributed by atoms with E-state index in [4.69, 9.17) is 0 Å². The summed E-state index contributed by atoms with van der Waals surface area (Å²) in [5, 5.41) is 2.71. The van der Waals surface area contributed by atoms with E-state index in [0.717, 1.165) is 13.1 Å². The molecule has 2 fully saturated rings. The third-order valence-corrected chi connectivity index (χ3v) is 5.13. The molecular formula is C19H26N4O3. The molecule has 1 N–H and O–H groups in total. The van der Waals surface area contributed by atoms with Crippen LogP contribution in [0.4, 0.5) is 5.69 Å². The van der Waals surface area contributed by atoms with Crippen molar-refractivity contribution >= 4 is 23.4 Å². The van der Waals surface area contributed by atoms with Gasteiger partial charge in [-0.1, -0.05) is 18.2 Å². The number of nitrogens with zero attached hydrogens (tertiary/aromatic N) is 3. The van der Waals surface area contributed by atoms with Gasteiger partial charge in [0, 0.05) is 51.4 Å². The van der Waals surface area contributed by atoms with Crippen LogP contribution in [0.2, 0.25) is 0 Å². The molecule has 3 rings (SSSR count). The van der Waals surface area contributed by atoms with Gasteiger partial charge in [0.1, 0.15) is 0 Å². The van der Waals surface area contributed by atoms with Crippen molar-refractivity contribution in [1.82, 2.24) is 15.1 Å². The average Bonchev–Trinajstić information content (AvgIpc) is 3.07. The Morgan fingerprint density at radius 3 is 2.42 bits per heavy atom. The number of amides is 3. The van der Waals surface area contributed by atoms with Crippen molar-refractivity contribution in [3.05, 3.63) is 30.3 Å². The summed E-state index contributed by atoms with van der Waals surface area (Å²) >= 11 is 0. The quantitative estimate of drug-likeness (QED) is 0.823. The molecule has 7 heteroatoms. The second kappa shape index (κ2) is 8.21. The summed E-state index contributed by atoms with van der Waals surface area (Å²) in [6.07, 6.45) is 0.240. The summed E-state index contributed by atoms with van der Waals surface area (Å²) in [4.78, 5) is 42.0. The van der Waals surface area contributed by atoms with Crippen LogP contribution in [0.15, 0.2) is 30.3 Å². The van der Waals surface area contributed by atoms with E-state index < -0.39 is 0 Å². The fraction of sp³-hybridized carbons (Fsp3) is 0.526. The molecule has 0 spiro atoms. The summed E-state index contributed by atoms with van der Waals surface area (Å²) in [5.41, 5.74) is 1.17. The number of likely N-dealkylation sites (tertiary alicyclic amines) is 1. The van der Waals surface area contributed by atoms with Crippen LogP contribution in [0.1, 0.15) is 13.3 Å². The van der Waals surface area contributed by atoms with E-state index in [9.17, 15) is 14.4 Å². The Morgan fingerprint density at radius 1 is 1.12 bits per heavy atom. The van der Waals surface area contributed by atoms with Crippen molar-refractivity contribution in [3.8, 4) is 0 Å². The highest BCUT2D eigenvalue weighted by Gasteiger charge is 2.33. The number of hydrogen-bond donors (Lipinski definition) is 1. The van der Waals surface area contributed by atoms with E-state index in [1.165, 1.54) is 5.69 Å². The van der Waals surface area contributed by atoms with Crippen molar-refractivity contribution in [3.63, 3.8) is 0 Å². The van der Waals surface area contributed by atoms with Crippen LogP contribution in [0.5, 0.6) is 0 Å². The van der Waals surface area contributed by atoms with Crippen LogP contribution >= 0.6 is 0 Å². The smallest absolute Gasteiger partial charge is 0.242 e. The molecule has 2 aliphatic rings. The van der Waals surface area contributed by atoms with Crippen molar-refractivity contribution in [2.75, 3.05) is 50.7 Å². The van der Waals surface area contributed by atoms with E-state index in [-0.39, 0.29) is 36.6 Å². The standard InChI is InChI=1S/C19H26N4O3/c1-2-21-14-15(12-17(21)24)19(26)20-13-18(25)23-10-8-22(9-11-23)16-6-4-3-5-7-16/h3-7,15H,2,8-14H2,1H3,(H,20,26). The fourth-order valence-corrected chi connectivity index (χ4v) is 3.53. The summed E-state index contributed by atoms with van der Waals surface area (Å²) in [7, 11) is 0. The third-order valence-electron chi connectivity index (χ3n) is 5.13. The number of carbonyl (C=O) groups is 3. The number of carbonyl (C=O) groups excluding carboxylic acids is 3. The van der Waals surface area contributed by atoms with Crippen molar-refractivity contribution in [2.45, 2.75) is 13.3 Å². The van der Waals surface area contributed by atoms with Gasteiger partial charge in [0.05, 0.1) is 12.5 Å². The zero-order valence-corrected chi connectivity index (χ0v) is 15.2. The molecule has 2 saturated heterocycles. The van der Waals surface area contributed by atoms with Gasteiger partial charge in [-0.05, 0) is 19.1 Å². The molecule has 0 radical (unpaired) electrons. The number of nitrogens with one attached hydrogen (secondary N) is 1. The van der Waals surface area contributed by atoms with Gasteiger partial charge in [-0.15, -0.1) is 0 Å². The fourth-order valence-electron chi connectivity index (χ4n) is 3.53. The van der Waals surface area contributed by atoms with Crippen LogP contribution in [0.3, 0.4) is 0 Å². The Hall–Kier alpha value is -2.57. The molecule has 7 nitrogen and oxygen atoms in total. The number of hydrogen-bond acceptors (Lipinski definition) is 4. The average molecular weight is 358 g/mol. The molecule has 0 bridgehead atoms. The summed E-state index contributed by atoms with van der Waals surface area (Å²) in [6.45, 7) is 5.83. The van der Waals surface area contributed by atoms with Gasteiger partial charge in [-0.3, -0.25) is 14.4 Å². The van der Waals surface area contributed by atoms with Crippen molar-refractivity contribution < 1.29 is 14.4 Å². The van der Waals surface area contributed by atoms with Gasteiger partial charge in [0.2, 0.25) is 17.7 Å². The maximum Gasteiger partial charge on any atom is 0.242 e. The highest BCUT2D eigenvalue weighted by molar-refractivity contribution is 5.91. The van der Waals surface area contributed by atoms with Crippen LogP contribution in [0.25, 0.3) is 0 Å². The Kier molecular flexibility index (Phi) is 5.75. The zero-order chi connectivity index (χ0) is 18.5. The summed E-state index contributed by atoms with van der Waals surface area (Å²) < 4.78 is 0. The lowest BCUT2D eigenvalue weighted by Crippen LogP contribution is -2.51. The van der Waals surface area contributed by atoms with Crippen molar-refractivity contribution in [1.29, 1.82) is 0 Å². The lowest BCUT2D eigenvalue weighted by molar-refractivity contribution is -0.134. The number of piperazine rings is 1. The predicted octanol–water partition coefficient (Wildman–Crippen LogP) is 0.320. The molecule has 1 aromatic rings. The maximum absolute atomic E-state index is 12.4. The van der Waals surface area contributed by atoms with E-state index in [1.54, 1.807) is 9.80 Å². The van der Waals surface area contributed by atoms with Gasteiger partial charge in [-0.25, -0.2) is 0 Å². The Bertz CT molecular complexity index is 656. The highest BCUT2D eigenvalue weighted by Crippen LogP contribution is 2.18. The largest absolute Gasteiger partial charge is 0.368 e. The first-order valence-electron chi connectivity index (χ1n) is 9.21. The molecular weight excluding hydrogens is 332 g/mol. The molecule has 0 saturated carbocycles. The summed E-state index contributed by atoms with van der Waals surface area (Å²) in [5.74, 6) is -0.602. The van der Waals surface area contributed by atoms with Gasteiger partial charge in [0.25, 0.3) is 0 Å². The summed E-state index contributed by atoms with van der Waals surface area (Å²) in [6, 6.07) is 10.1. The Balaban J connectivity index is 1.42. The first-order chi connectivity index (χ1) is 12.6. The van der Waals surface area contributed by atoms with Crippen LogP contribution in [-0.4, -0.2) is 73.3 Å². The van der Waals surface area contributed by atoms with Crippen LogP contribution in [0, 0.1) is 5.92 Å². The molecule has 26 heavy (non-hydrogen) atoms. The molecule has 2 aliphatic heterocycles. The topological polar surface area (TPSA) is 73.0 Å². The number of rotatable bonds is 5. The maximum atomic E-state index is 12.4. The molecule has 2 heterocycles. The molecule has 0 aliphatic carbocycles. The lowest BCUT2D eigenvalue weighted by Gasteiger charge is -2.36. The van der Waals surface area contributed by atoms with E-state index in [2.05, 4.69) is 22.3 Å². The predicted molar refractivity (Wildman–Crippen MR) is 98.6 cm³/mol. The monoisotopic (exact) mass is 358 g/mol. The zero-order valence-electron chi connectivity index (χ0n) is 15.2. The minimum atomic E-state index is -0.342. The molecule has 1 aromatic carbocycles. The number of benzene rings is 1. The van der Waals surface area contributed by atoms with Crippen LogP contribution < -0.4 is 10.2 Å². The van der Waals surface area contributed by atoms with E-state index >= 15 is 0 Å². The Morgan fingerprint density at radius 2 is 1.81 bits per heavy atom. The van der Waals surface area contributed by atoms with E-state index in [1.807, 2.05) is 25.1 Å². The number of anilines is 1. The van der Waals surface area contributed by atoms with Crippen LogP contribution in [-0.2, 0) is 14.4 Å². The van der Waals surface area contributed by atoms with Gasteiger partial charge < -0.3 is 20.0 Å². The van der Waals surface area contributed by atoms with Gasteiger partial charge in [-0.2, -0.15) is 0 Å². The first-order valence-corrected chi connectivity index (χ1v) is 9.21. The molecule has 0 aromatic heterocycles. The highest BCUT2D eigenvalue weighted by atomic mass is 16.2. The minimum absolute atomic E-state index is 0.000978. The lowest BCUT2D eigenvalue weighted by atomic mass is 10.1. The SMILES string of the molecule is CCN1CC(C(=O)NCC(=O)N2CCN(c3ccccc3)CC2)CC1=O. The second-order valence-corrected chi connectivity index (χ2v) is 6.75.